The fourth-order valence-electron chi connectivity index (χ4n) is 1.50. The minimum absolute atomic E-state index is 0.695. The van der Waals surface area contributed by atoms with Crippen molar-refractivity contribution in [2.24, 2.45) is 0 Å². The highest BCUT2D eigenvalue weighted by atomic mass is 32.1. The van der Waals surface area contributed by atoms with Gasteiger partial charge in [0.2, 0.25) is 0 Å². The molecule has 0 aliphatic heterocycles. The highest BCUT2D eigenvalue weighted by molar-refractivity contribution is 7.79. The molecule has 0 N–H and O–H groups in total. The van der Waals surface area contributed by atoms with E-state index in [4.69, 9.17) is 0 Å². The van der Waals surface area contributed by atoms with Gasteiger partial charge >= 0.3 is 0 Å². The van der Waals surface area contributed by atoms with E-state index in [0.29, 0.717) is 5.75 Å². The van der Waals surface area contributed by atoms with Crippen LogP contribution in [0.25, 0.3) is 0 Å². The fraction of sp³-hybridized carbons (Fsp3) is 0.364. The van der Waals surface area contributed by atoms with Gasteiger partial charge in [-0.3, -0.25) is 4.79 Å². The quantitative estimate of drug-likeness (QED) is 0.566. The maximum atomic E-state index is 10.7. The lowest BCUT2D eigenvalue weighted by molar-refractivity contribution is 0.112. The smallest absolute Gasteiger partial charge is 0.150 e. The van der Waals surface area contributed by atoms with Crippen LogP contribution in [0.1, 0.15) is 32.6 Å². The van der Waals surface area contributed by atoms with Gasteiger partial charge < -0.3 is 0 Å². The lowest BCUT2D eigenvalue weighted by Crippen LogP contribution is -1.98. The second-order valence-electron chi connectivity index (χ2n) is 3.29. The van der Waals surface area contributed by atoms with Crippen LogP contribution in [-0.2, 0) is 5.75 Å². The third kappa shape index (κ3) is 1.78. The number of aryl methyl sites for hydroxylation is 1. The SMILES string of the molecule is Cc1cc(C=O)c(C)c(CS)c1C. The summed E-state index contributed by atoms with van der Waals surface area (Å²) in [6.45, 7) is 6.07. The summed E-state index contributed by atoms with van der Waals surface area (Å²) in [6.07, 6.45) is 0.911. The van der Waals surface area contributed by atoms with E-state index in [1.807, 2.05) is 19.9 Å². The third-order valence-corrected chi connectivity index (χ3v) is 2.90. The average molecular weight is 194 g/mol. The first-order valence-corrected chi connectivity index (χ1v) is 4.90. The van der Waals surface area contributed by atoms with E-state index in [1.54, 1.807) is 0 Å². The summed E-state index contributed by atoms with van der Waals surface area (Å²) >= 11 is 4.27. The Kier molecular flexibility index (Phi) is 3.15. The predicted octanol–water partition coefficient (Wildman–Crippen LogP) is 2.85. The number of hydrogen-bond acceptors (Lipinski definition) is 2. The summed E-state index contributed by atoms with van der Waals surface area (Å²) in [4.78, 5) is 10.7. The maximum Gasteiger partial charge on any atom is 0.150 e. The highest BCUT2D eigenvalue weighted by Gasteiger charge is 2.07. The van der Waals surface area contributed by atoms with Gasteiger partial charge in [-0.2, -0.15) is 12.6 Å². The number of aldehydes is 1. The molecule has 1 aromatic carbocycles. The molecule has 0 aromatic heterocycles. The van der Waals surface area contributed by atoms with Gasteiger partial charge in [-0.1, -0.05) is 0 Å². The molecule has 0 radical (unpaired) electrons. The molecule has 0 fully saturated rings. The van der Waals surface area contributed by atoms with Gasteiger partial charge in [0.05, 0.1) is 0 Å². The number of carbonyl (C=O) groups is 1. The van der Waals surface area contributed by atoms with Crippen molar-refractivity contribution in [1.29, 1.82) is 0 Å². The molecule has 0 aliphatic carbocycles. The molecule has 0 unspecified atom stereocenters. The maximum absolute atomic E-state index is 10.7. The van der Waals surface area contributed by atoms with Crippen molar-refractivity contribution in [2.45, 2.75) is 26.5 Å². The van der Waals surface area contributed by atoms with Crippen LogP contribution in [-0.4, -0.2) is 6.29 Å². The number of carbonyl (C=O) groups excluding carboxylic acids is 1. The molecule has 0 amide bonds. The van der Waals surface area contributed by atoms with Crippen LogP contribution in [0.4, 0.5) is 0 Å². The van der Waals surface area contributed by atoms with Crippen molar-refractivity contribution >= 4 is 18.9 Å². The average Bonchev–Trinajstić information content (AvgIpc) is 2.12. The number of benzene rings is 1. The first kappa shape index (κ1) is 10.3. The summed E-state index contributed by atoms with van der Waals surface area (Å²) in [5, 5.41) is 0. The van der Waals surface area contributed by atoms with E-state index >= 15 is 0 Å². The predicted molar refractivity (Wildman–Crippen MR) is 58.7 cm³/mol. The Morgan fingerprint density at radius 3 is 2.38 bits per heavy atom. The zero-order valence-corrected chi connectivity index (χ0v) is 9.11. The number of thiol groups is 1. The van der Waals surface area contributed by atoms with Crippen LogP contribution in [0.3, 0.4) is 0 Å². The summed E-state index contributed by atoms with van der Waals surface area (Å²) in [5.41, 5.74) is 5.44. The highest BCUT2D eigenvalue weighted by Crippen LogP contribution is 2.22. The molecular weight excluding hydrogens is 180 g/mol. The topological polar surface area (TPSA) is 17.1 Å². The molecule has 0 bridgehead atoms. The molecular formula is C11H14OS. The summed E-state index contributed by atoms with van der Waals surface area (Å²) in [6, 6.07) is 1.94. The Bertz CT molecular complexity index is 342. The number of rotatable bonds is 2. The van der Waals surface area contributed by atoms with Crippen LogP contribution in [0.15, 0.2) is 6.07 Å². The van der Waals surface area contributed by atoms with Crippen LogP contribution < -0.4 is 0 Å². The van der Waals surface area contributed by atoms with Gasteiger partial charge in [-0.05, 0) is 49.1 Å². The normalized spacial score (nSPS) is 10.2. The minimum atomic E-state index is 0.695. The van der Waals surface area contributed by atoms with Crippen LogP contribution in [0.2, 0.25) is 0 Å². The Labute approximate surface area is 84.6 Å². The van der Waals surface area contributed by atoms with Crippen LogP contribution in [0, 0.1) is 20.8 Å². The zero-order chi connectivity index (χ0) is 10.0. The molecule has 0 saturated carbocycles. The molecule has 0 aliphatic rings. The second-order valence-corrected chi connectivity index (χ2v) is 3.60. The lowest BCUT2D eigenvalue weighted by Gasteiger charge is -2.12. The molecule has 1 rings (SSSR count). The van der Waals surface area contributed by atoms with E-state index in [2.05, 4.69) is 19.6 Å². The monoisotopic (exact) mass is 194 g/mol. The second kappa shape index (κ2) is 3.97. The van der Waals surface area contributed by atoms with Crippen molar-refractivity contribution < 1.29 is 4.79 Å². The van der Waals surface area contributed by atoms with Crippen molar-refractivity contribution in [3.05, 3.63) is 33.9 Å². The van der Waals surface area contributed by atoms with Gasteiger partial charge in [0.25, 0.3) is 0 Å². The molecule has 13 heavy (non-hydrogen) atoms. The van der Waals surface area contributed by atoms with E-state index in [-0.39, 0.29) is 0 Å². The molecule has 0 heterocycles. The Hall–Kier alpha value is -0.760. The van der Waals surface area contributed by atoms with E-state index < -0.39 is 0 Å². The molecule has 0 saturated heterocycles. The molecule has 2 heteroatoms. The molecule has 0 spiro atoms. The van der Waals surface area contributed by atoms with Gasteiger partial charge in [0.15, 0.2) is 0 Å². The Morgan fingerprint density at radius 2 is 1.92 bits per heavy atom. The van der Waals surface area contributed by atoms with Crippen LogP contribution in [0.5, 0.6) is 0 Å². The summed E-state index contributed by atoms with van der Waals surface area (Å²) in [7, 11) is 0. The standard InChI is InChI=1S/C11H14OS/c1-7-4-10(5-12)9(3)11(6-13)8(7)2/h4-5,13H,6H2,1-3H3. The lowest BCUT2D eigenvalue weighted by atomic mass is 9.95. The van der Waals surface area contributed by atoms with Gasteiger partial charge in [-0.25, -0.2) is 0 Å². The molecule has 70 valence electrons. The minimum Gasteiger partial charge on any atom is -0.298 e. The Balaban J connectivity index is 3.47. The van der Waals surface area contributed by atoms with Gasteiger partial charge in [0, 0.05) is 11.3 Å². The first-order valence-electron chi connectivity index (χ1n) is 4.27. The first-order chi connectivity index (χ1) is 6.11. The van der Waals surface area contributed by atoms with Crippen molar-refractivity contribution in [3.8, 4) is 0 Å². The van der Waals surface area contributed by atoms with E-state index in [9.17, 15) is 4.79 Å². The van der Waals surface area contributed by atoms with Gasteiger partial charge in [0.1, 0.15) is 6.29 Å². The summed E-state index contributed by atoms with van der Waals surface area (Å²) in [5.74, 6) is 0.695. The van der Waals surface area contributed by atoms with Crippen molar-refractivity contribution in [2.75, 3.05) is 0 Å². The zero-order valence-electron chi connectivity index (χ0n) is 8.22. The largest absolute Gasteiger partial charge is 0.298 e. The van der Waals surface area contributed by atoms with Crippen molar-refractivity contribution in [1.82, 2.24) is 0 Å². The number of hydrogen-bond donors (Lipinski definition) is 1. The molecule has 0 atom stereocenters. The van der Waals surface area contributed by atoms with Gasteiger partial charge in [-0.15, -0.1) is 0 Å². The molecule has 1 aromatic rings. The van der Waals surface area contributed by atoms with E-state index in [0.717, 1.165) is 23.0 Å². The fourth-order valence-corrected chi connectivity index (χ4v) is 1.98. The third-order valence-electron chi connectivity index (χ3n) is 2.59. The van der Waals surface area contributed by atoms with Crippen molar-refractivity contribution in [3.63, 3.8) is 0 Å². The Morgan fingerprint density at radius 1 is 1.31 bits per heavy atom. The van der Waals surface area contributed by atoms with Crippen LogP contribution >= 0.6 is 12.6 Å². The summed E-state index contributed by atoms with van der Waals surface area (Å²) < 4.78 is 0. The molecule has 1 nitrogen and oxygen atoms in total. The van der Waals surface area contributed by atoms with E-state index in [1.165, 1.54) is 11.1 Å².